The van der Waals surface area contributed by atoms with Crippen molar-refractivity contribution in [2.75, 3.05) is 19.3 Å². The largest absolute Gasteiger partial charge is 0.338 e. The molecule has 2 aromatic heterocycles. The zero-order valence-corrected chi connectivity index (χ0v) is 14.3. The number of nitrogens with one attached hydrogen (secondary N) is 1. The predicted molar refractivity (Wildman–Crippen MR) is 88.3 cm³/mol. The van der Waals surface area contributed by atoms with Gasteiger partial charge >= 0.3 is 0 Å². The zero-order chi connectivity index (χ0) is 17.2. The molecule has 0 bridgehead atoms. The van der Waals surface area contributed by atoms with Gasteiger partial charge in [-0.2, -0.15) is 5.10 Å². The fourth-order valence-electron chi connectivity index (χ4n) is 3.15. The van der Waals surface area contributed by atoms with Gasteiger partial charge in [-0.3, -0.25) is 14.9 Å². The fraction of sp³-hybridized carbons (Fsp3) is 0.438. The van der Waals surface area contributed by atoms with E-state index in [1.54, 1.807) is 24.5 Å². The lowest BCUT2D eigenvalue weighted by Gasteiger charge is -2.32. The van der Waals surface area contributed by atoms with Crippen molar-refractivity contribution in [3.8, 4) is 0 Å². The van der Waals surface area contributed by atoms with Gasteiger partial charge in [0.05, 0.1) is 11.9 Å². The van der Waals surface area contributed by atoms with Crippen molar-refractivity contribution >= 4 is 15.7 Å². The Morgan fingerprint density at radius 2 is 2.12 bits per heavy atom. The van der Waals surface area contributed by atoms with Gasteiger partial charge in [0.1, 0.15) is 4.90 Å². The van der Waals surface area contributed by atoms with E-state index in [4.69, 9.17) is 0 Å². The van der Waals surface area contributed by atoms with Crippen LogP contribution < -0.4 is 0 Å². The first-order chi connectivity index (χ1) is 11.4. The van der Waals surface area contributed by atoms with E-state index in [0.29, 0.717) is 24.2 Å². The molecule has 3 rings (SSSR count). The van der Waals surface area contributed by atoms with Gasteiger partial charge < -0.3 is 4.90 Å². The minimum atomic E-state index is -3.29. The first kappa shape index (κ1) is 16.6. The van der Waals surface area contributed by atoms with Crippen LogP contribution >= 0.6 is 0 Å². The van der Waals surface area contributed by atoms with Crippen LogP contribution in [0.1, 0.15) is 28.9 Å². The summed E-state index contributed by atoms with van der Waals surface area (Å²) in [4.78, 5) is 18.6. The second-order valence-electron chi connectivity index (χ2n) is 6.18. The van der Waals surface area contributed by atoms with Crippen LogP contribution in [0.15, 0.2) is 35.6 Å². The lowest BCUT2D eigenvalue weighted by Crippen LogP contribution is -2.40. The molecule has 1 saturated heterocycles. The van der Waals surface area contributed by atoms with E-state index < -0.39 is 9.84 Å². The number of sulfone groups is 1. The second-order valence-corrected chi connectivity index (χ2v) is 8.17. The highest BCUT2D eigenvalue weighted by atomic mass is 32.2. The molecule has 0 radical (unpaired) electrons. The van der Waals surface area contributed by atoms with Crippen LogP contribution in [0.5, 0.6) is 0 Å². The van der Waals surface area contributed by atoms with E-state index in [0.717, 1.165) is 19.4 Å². The summed E-state index contributed by atoms with van der Waals surface area (Å²) < 4.78 is 23.6. The van der Waals surface area contributed by atoms with Crippen molar-refractivity contribution in [3.63, 3.8) is 0 Å². The number of H-pyrrole nitrogens is 1. The van der Waals surface area contributed by atoms with Crippen LogP contribution in [0.4, 0.5) is 0 Å². The van der Waals surface area contributed by atoms with Crippen molar-refractivity contribution in [1.82, 2.24) is 20.1 Å². The summed E-state index contributed by atoms with van der Waals surface area (Å²) in [5.74, 6) is 0.209. The number of aromatic nitrogens is 3. The van der Waals surface area contributed by atoms with E-state index in [-0.39, 0.29) is 16.7 Å². The van der Waals surface area contributed by atoms with Gasteiger partial charge in [0, 0.05) is 37.3 Å². The molecule has 24 heavy (non-hydrogen) atoms. The summed E-state index contributed by atoms with van der Waals surface area (Å²) in [5.41, 5.74) is 1.25. The fourth-order valence-corrected chi connectivity index (χ4v) is 3.97. The Labute approximate surface area is 141 Å². The number of hydrogen-bond acceptors (Lipinski definition) is 5. The average Bonchev–Trinajstić information content (AvgIpc) is 3.04. The van der Waals surface area contributed by atoms with Crippen molar-refractivity contribution in [2.24, 2.45) is 5.92 Å². The average molecular weight is 348 g/mol. The number of amides is 1. The Bertz CT molecular complexity index is 817. The number of carbonyl (C=O) groups is 1. The van der Waals surface area contributed by atoms with Crippen LogP contribution in [0.2, 0.25) is 0 Å². The van der Waals surface area contributed by atoms with Gasteiger partial charge in [0.25, 0.3) is 5.91 Å². The number of carbonyl (C=O) groups excluding carboxylic acids is 1. The lowest BCUT2D eigenvalue weighted by atomic mass is 9.93. The topological polar surface area (TPSA) is 96.0 Å². The first-order valence-corrected chi connectivity index (χ1v) is 9.76. The van der Waals surface area contributed by atoms with Crippen molar-refractivity contribution in [2.45, 2.75) is 24.2 Å². The molecular weight excluding hydrogens is 328 g/mol. The maximum atomic E-state index is 12.6. The third-order valence-corrected chi connectivity index (χ3v) is 5.46. The third-order valence-electron chi connectivity index (χ3n) is 4.30. The molecule has 1 fully saturated rings. The summed E-state index contributed by atoms with van der Waals surface area (Å²) in [6.07, 6.45) is 8.19. The molecule has 0 aromatic carbocycles. The Morgan fingerprint density at radius 1 is 1.38 bits per heavy atom. The molecule has 1 aliphatic heterocycles. The second kappa shape index (κ2) is 6.72. The third kappa shape index (κ3) is 3.64. The van der Waals surface area contributed by atoms with E-state index in [2.05, 4.69) is 15.2 Å². The summed E-state index contributed by atoms with van der Waals surface area (Å²) in [6, 6.07) is 3.42. The molecule has 7 nitrogen and oxygen atoms in total. The molecule has 1 N–H and O–H groups in total. The Balaban J connectivity index is 1.71. The summed E-state index contributed by atoms with van der Waals surface area (Å²) >= 11 is 0. The molecule has 1 aliphatic rings. The molecule has 3 heterocycles. The lowest BCUT2D eigenvalue weighted by molar-refractivity contribution is 0.0672. The zero-order valence-electron chi connectivity index (χ0n) is 13.5. The summed E-state index contributed by atoms with van der Waals surface area (Å²) in [6.45, 7) is 1.34. The number of likely N-dealkylation sites (tertiary alicyclic amines) is 1. The highest BCUT2D eigenvalue weighted by molar-refractivity contribution is 7.90. The molecule has 1 amide bonds. The highest BCUT2D eigenvalue weighted by Crippen LogP contribution is 2.24. The number of aromatic amines is 1. The van der Waals surface area contributed by atoms with Gasteiger partial charge in [0.2, 0.25) is 0 Å². The van der Waals surface area contributed by atoms with E-state index in [1.165, 1.54) is 12.5 Å². The Hall–Kier alpha value is -2.22. The highest BCUT2D eigenvalue weighted by Gasteiger charge is 2.26. The molecule has 0 unspecified atom stereocenters. The minimum absolute atomic E-state index is 0.00459. The van der Waals surface area contributed by atoms with Crippen molar-refractivity contribution < 1.29 is 13.2 Å². The number of nitrogens with zero attached hydrogens (tertiary/aromatic N) is 3. The van der Waals surface area contributed by atoms with Crippen LogP contribution in [0, 0.1) is 5.92 Å². The molecule has 0 spiro atoms. The molecule has 0 aliphatic carbocycles. The number of piperidine rings is 1. The molecular formula is C16H20N4O3S. The molecule has 128 valence electrons. The maximum absolute atomic E-state index is 12.6. The van der Waals surface area contributed by atoms with E-state index >= 15 is 0 Å². The van der Waals surface area contributed by atoms with Gasteiger partial charge in [-0.05, 0) is 37.3 Å². The smallest absolute Gasteiger partial charge is 0.253 e. The summed E-state index contributed by atoms with van der Waals surface area (Å²) in [7, 11) is -3.29. The van der Waals surface area contributed by atoms with Gasteiger partial charge in [-0.1, -0.05) is 0 Å². The Morgan fingerprint density at radius 3 is 2.83 bits per heavy atom. The number of hydrogen-bond donors (Lipinski definition) is 1. The SMILES string of the molecule is CS(=O)(=O)c1cn[nH]c1C[C@@H]1CCCN(C(=O)c2ccncc2)C1. The van der Waals surface area contributed by atoms with Crippen LogP contribution in [-0.2, 0) is 16.3 Å². The number of pyridine rings is 1. The van der Waals surface area contributed by atoms with Crippen LogP contribution in [0.3, 0.4) is 0 Å². The van der Waals surface area contributed by atoms with Crippen molar-refractivity contribution in [1.29, 1.82) is 0 Å². The van der Waals surface area contributed by atoms with E-state index in [1.807, 2.05) is 4.90 Å². The van der Waals surface area contributed by atoms with Gasteiger partial charge in [0.15, 0.2) is 9.84 Å². The molecule has 8 heteroatoms. The molecule has 1 atom stereocenters. The minimum Gasteiger partial charge on any atom is -0.338 e. The van der Waals surface area contributed by atoms with Gasteiger partial charge in [-0.25, -0.2) is 8.42 Å². The quantitative estimate of drug-likeness (QED) is 0.898. The molecule has 2 aromatic rings. The first-order valence-electron chi connectivity index (χ1n) is 7.87. The van der Waals surface area contributed by atoms with Crippen LogP contribution in [0.25, 0.3) is 0 Å². The molecule has 0 saturated carbocycles. The van der Waals surface area contributed by atoms with E-state index in [9.17, 15) is 13.2 Å². The number of rotatable bonds is 4. The normalized spacial score (nSPS) is 18.5. The summed E-state index contributed by atoms with van der Waals surface area (Å²) in [5, 5.41) is 6.66. The predicted octanol–water partition coefficient (Wildman–Crippen LogP) is 1.30. The Kier molecular flexibility index (Phi) is 4.66. The van der Waals surface area contributed by atoms with Gasteiger partial charge in [-0.15, -0.1) is 0 Å². The maximum Gasteiger partial charge on any atom is 0.253 e. The van der Waals surface area contributed by atoms with Crippen LogP contribution in [-0.4, -0.2) is 53.8 Å². The monoisotopic (exact) mass is 348 g/mol. The van der Waals surface area contributed by atoms with Crippen molar-refractivity contribution in [3.05, 3.63) is 42.0 Å². The standard InChI is InChI=1S/C16H20N4O3S/c1-24(22,23)15-10-18-19-14(15)9-12-3-2-8-20(11-12)16(21)13-4-6-17-7-5-13/h4-7,10,12H,2-3,8-9,11H2,1H3,(H,18,19)/t12-/m0/s1.